The third-order valence-electron chi connectivity index (χ3n) is 5.98. The molecule has 2 aliphatic heterocycles. The Hall–Kier alpha value is -1.44. The first-order valence-electron chi connectivity index (χ1n) is 10.7. The van der Waals surface area contributed by atoms with Gasteiger partial charge in [-0.3, -0.25) is 9.48 Å². The molecule has 3 heterocycles. The third-order valence-corrected chi connectivity index (χ3v) is 5.98. The van der Waals surface area contributed by atoms with Crippen molar-refractivity contribution < 1.29 is 14.3 Å². The minimum Gasteiger partial charge on any atom is -0.383 e. The van der Waals surface area contributed by atoms with Crippen LogP contribution >= 0.6 is 0 Å². The second-order valence-electron chi connectivity index (χ2n) is 8.23. The minimum absolute atomic E-state index is 0.212. The lowest BCUT2D eigenvalue weighted by Gasteiger charge is -2.35. The lowest BCUT2D eigenvalue weighted by Crippen LogP contribution is -2.44. The zero-order valence-corrected chi connectivity index (χ0v) is 17.5. The van der Waals surface area contributed by atoms with Gasteiger partial charge in [0, 0.05) is 53.0 Å². The van der Waals surface area contributed by atoms with Crippen LogP contribution < -0.4 is 0 Å². The molecule has 2 fully saturated rings. The van der Waals surface area contributed by atoms with Gasteiger partial charge >= 0.3 is 0 Å². The fourth-order valence-electron chi connectivity index (χ4n) is 4.25. The van der Waals surface area contributed by atoms with Crippen molar-refractivity contribution in [2.75, 3.05) is 53.0 Å². The van der Waals surface area contributed by atoms with Crippen molar-refractivity contribution in [2.24, 2.45) is 13.0 Å². The van der Waals surface area contributed by atoms with Gasteiger partial charge in [0.1, 0.15) is 0 Å². The minimum atomic E-state index is 0.212. The Labute approximate surface area is 169 Å². The molecule has 158 valence electrons. The van der Waals surface area contributed by atoms with Gasteiger partial charge in [-0.05, 0) is 56.7 Å². The van der Waals surface area contributed by atoms with Crippen LogP contribution in [0.15, 0.2) is 12.4 Å². The average molecular weight is 393 g/mol. The van der Waals surface area contributed by atoms with E-state index < -0.39 is 0 Å². The molecule has 2 aliphatic rings. The summed E-state index contributed by atoms with van der Waals surface area (Å²) in [5.41, 5.74) is 1.12. The number of ether oxygens (including phenoxy) is 2. The molecule has 3 rings (SSSR count). The number of rotatable bonds is 10. The van der Waals surface area contributed by atoms with Crippen molar-refractivity contribution in [1.29, 1.82) is 0 Å². The monoisotopic (exact) mass is 392 g/mol. The van der Waals surface area contributed by atoms with E-state index in [0.29, 0.717) is 12.3 Å². The van der Waals surface area contributed by atoms with Crippen molar-refractivity contribution in [3.05, 3.63) is 18.0 Å². The first-order chi connectivity index (χ1) is 13.6. The van der Waals surface area contributed by atoms with E-state index >= 15 is 0 Å². The fourth-order valence-corrected chi connectivity index (χ4v) is 4.25. The largest absolute Gasteiger partial charge is 0.383 e. The third kappa shape index (κ3) is 6.57. The lowest BCUT2D eigenvalue weighted by atomic mass is 9.95. The highest BCUT2D eigenvalue weighted by Gasteiger charge is 2.27. The predicted octanol–water partition coefficient (Wildman–Crippen LogP) is 1.72. The number of nitrogens with zero attached hydrogens (tertiary/aromatic N) is 4. The van der Waals surface area contributed by atoms with Gasteiger partial charge in [0.15, 0.2) is 0 Å². The molecule has 7 nitrogen and oxygen atoms in total. The fraction of sp³-hybridized carbons (Fsp3) is 0.810. The number of amides is 1. The maximum absolute atomic E-state index is 13.0. The number of carbonyl (C=O) groups is 1. The van der Waals surface area contributed by atoms with Gasteiger partial charge in [0.25, 0.3) is 0 Å². The smallest absolute Gasteiger partial charge is 0.223 e. The van der Waals surface area contributed by atoms with Crippen LogP contribution in [0.3, 0.4) is 0 Å². The topological polar surface area (TPSA) is 59.8 Å². The van der Waals surface area contributed by atoms with E-state index in [4.69, 9.17) is 9.47 Å². The quantitative estimate of drug-likeness (QED) is 0.607. The van der Waals surface area contributed by atoms with Crippen LogP contribution in [0.4, 0.5) is 0 Å². The first-order valence-corrected chi connectivity index (χ1v) is 10.7. The number of aromatic nitrogens is 2. The van der Waals surface area contributed by atoms with Gasteiger partial charge in [-0.1, -0.05) is 0 Å². The van der Waals surface area contributed by atoms with Crippen LogP contribution in [-0.4, -0.2) is 84.6 Å². The number of aryl methyl sites for hydroxylation is 2. The Balaban J connectivity index is 1.50. The summed E-state index contributed by atoms with van der Waals surface area (Å²) >= 11 is 0. The van der Waals surface area contributed by atoms with Crippen molar-refractivity contribution in [3.63, 3.8) is 0 Å². The SMILES string of the molecule is COCCN1CCC(CN(C[C@H]2CCCO2)C(=O)CCc2cnn(C)c2)CC1. The summed E-state index contributed by atoms with van der Waals surface area (Å²) in [6.45, 7) is 6.45. The van der Waals surface area contributed by atoms with Crippen LogP contribution in [0.5, 0.6) is 0 Å². The zero-order chi connectivity index (χ0) is 19.8. The van der Waals surface area contributed by atoms with Crippen molar-refractivity contribution in [1.82, 2.24) is 19.6 Å². The molecular formula is C21H36N4O3. The Morgan fingerprint density at radius 3 is 2.79 bits per heavy atom. The summed E-state index contributed by atoms with van der Waals surface area (Å²) in [5, 5.41) is 4.20. The molecule has 1 amide bonds. The molecule has 0 bridgehead atoms. The molecule has 0 aliphatic carbocycles. The summed E-state index contributed by atoms with van der Waals surface area (Å²) < 4.78 is 12.8. The molecule has 0 radical (unpaired) electrons. The molecule has 0 aromatic carbocycles. The highest BCUT2D eigenvalue weighted by Crippen LogP contribution is 2.21. The number of methoxy groups -OCH3 is 1. The molecule has 1 aromatic rings. The number of hydrogen-bond donors (Lipinski definition) is 0. The maximum atomic E-state index is 13.0. The van der Waals surface area contributed by atoms with Crippen molar-refractivity contribution in [2.45, 2.75) is 44.6 Å². The van der Waals surface area contributed by atoms with Crippen LogP contribution in [-0.2, 0) is 27.7 Å². The van der Waals surface area contributed by atoms with E-state index in [0.717, 1.165) is 83.6 Å². The number of piperidine rings is 1. The summed E-state index contributed by atoms with van der Waals surface area (Å²) in [7, 11) is 3.67. The van der Waals surface area contributed by atoms with Crippen molar-refractivity contribution >= 4 is 5.91 Å². The zero-order valence-electron chi connectivity index (χ0n) is 17.5. The van der Waals surface area contributed by atoms with Gasteiger partial charge in [-0.15, -0.1) is 0 Å². The molecule has 0 spiro atoms. The van der Waals surface area contributed by atoms with Crippen LogP contribution in [0.1, 0.15) is 37.7 Å². The van der Waals surface area contributed by atoms with E-state index in [9.17, 15) is 4.79 Å². The standard InChI is InChI=1S/C21H36N4O3/c1-23-15-19(14-22-23)5-6-21(26)25(17-20-4-3-12-28-20)16-18-7-9-24(10-8-18)11-13-27-2/h14-15,18,20H,3-13,16-17H2,1-2H3/t20-/m1/s1. The summed E-state index contributed by atoms with van der Waals surface area (Å²) in [5.74, 6) is 0.837. The number of hydrogen-bond acceptors (Lipinski definition) is 5. The normalized spacial score (nSPS) is 21.3. The lowest BCUT2D eigenvalue weighted by molar-refractivity contribution is -0.133. The van der Waals surface area contributed by atoms with Crippen LogP contribution in [0, 0.1) is 5.92 Å². The van der Waals surface area contributed by atoms with E-state index in [-0.39, 0.29) is 12.0 Å². The maximum Gasteiger partial charge on any atom is 0.223 e. The molecule has 1 atom stereocenters. The molecule has 1 aromatic heterocycles. The molecule has 28 heavy (non-hydrogen) atoms. The Kier molecular flexibility index (Phi) is 8.30. The second-order valence-corrected chi connectivity index (χ2v) is 8.23. The second kappa shape index (κ2) is 10.9. The number of carbonyl (C=O) groups excluding carboxylic acids is 1. The Morgan fingerprint density at radius 2 is 2.14 bits per heavy atom. The van der Waals surface area contributed by atoms with Gasteiger partial charge in [-0.2, -0.15) is 5.10 Å². The van der Waals surface area contributed by atoms with E-state index in [2.05, 4.69) is 14.9 Å². The van der Waals surface area contributed by atoms with E-state index in [1.54, 1.807) is 11.8 Å². The predicted molar refractivity (Wildman–Crippen MR) is 108 cm³/mol. The molecule has 0 saturated carbocycles. The Bertz CT molecular complexity index is 592. The summed E-state index contributed by atoms with van der Waals surface area (Å²) in [4.78, 5) is 17.6. The van der Waals surface area contributed by atoms with Gasteiger partial charge in [0.2, 0.25) is 5.91 Å². The molecule has 7 heteroatoms. The van der Waals surface area contributed by atoms with Gasteiger partial charge < -0.3 is 19.3 Å². The molecule has 2 saturated heterocycles. The Morgan fingerprint density at radius 1 is 1.32 bits per heavy atom. The highest BCUT2D eigenvalue weighted by molar-refractivity contribution is 5.76. The molecule has 0 unspecified atom stereocenters. The van der Waals surface area contributed by atoms with Gasteiger partial charge in [-0.25, -0.2) is 0 Å². The van der Waals surface area contributed by atoms with Crippen LogP contribution in [0.2, 0.25) is 0 Å². The van der Waals surface area contributed by atoms with Crippen molar-refractivity contribution in [3.8, 4) is 0 Å². The first kappa shape index (κ1) is 21.3. The summed E-state index contributed by atoms with van der Waals surface area (Å²) in [6.07, 6.45) is 9.85. The van der Waals surface area contributed by atoms with Crippen LogP contribution in [0.25, 0.3) is 0 Å². The highest BCUT2D eigenvalue weighted by atomic mass is 16.5. The van der Waals surface area contributed by atoms with E-state index in [1.807, 2.05) is 19.4 Å². The van der Waals surface area contributed by atoms with E-state index in [1.165, 1.54) is 0 Å². The average Bonchev–Trinajstić information content (AvgIpc) is 3.36. The summed E-state index contributed by atoms with van der Waals surface area (Å²) in [6, 6.07) is 0. The molecule has 0 N–H and O–H groups in total. The van der Waals surface area contributed by atoms with Gasteiger partial charge in [0.05, 0.1) is 18.9 Å². The molecular weight excluding hydrogens is 356 g/mol. The number of likely N-dealkylation sites (tertiary alicyclic amines) is 1.